The Bertz CT molecular complexity index is 895. The van der Waals surface area contributed by atoms with Crippen LogP contribution in [0, 0.1) is 0 Å². The van der Waals surface area contributed by atoms with Gasteiger partial charge in [-0.1, -0.05) is 40.2 Å². The minimum Gasteiger partial charge on any atom is -0.465 e. The second-order valence-electron chi connectivity index (χ2n) is 5.25. The van der Waals surface area contributed by atoms with Crippen LogP contribution in [0.5, 0.6) is 0 Å². The summed E-state index contributed by atoms with van der Waals surface area (Å²) in [5.74, 6) is -2.27. The Morgan fingerprint density at radius 1 is 1.12 bits per heavy atom. The van der Waals surface area contributed by atoms with Crippen LogP contribution in [0.4, 0.5) is 5.69 Å². The number of amides is 1. The first kappa shape index (κ1) is 19.1. The zero-order valence-electron chi connectivity index (χ0n) is 13.4. The molecular formula is C17H16BrNO5S. The van der Waals surface area contributed by atoms with Gasteiger partial charge in [-0.25, -0.2) is 13.2 Å². The Labute approximate surface area is 154 Å². The maximum absolute atomic E-state index is 12.2. The average molecular weight is 426 g/mol. The molecule has 0 unspecified atom stereocenters. The topological polar surface area (TPSA) is 89.5 Å². The van der Waals surface area contributed by atoms with E-state index in [9.17, 15) is 18.0 Å². The number of carbonyl (C=O) groups excluding carboxylic acids is 2. The standard InChI is InChI=1S/C17H16BrNO5S/c1-24-17(21)14-7-2-3-8-15(14)19-16(20)11-25(22,23)10-12-5-4-6-13(18)9-12/h2-9H,10-11H2,1H3,(H,19,20). The van der Waals surface area contributed by atoms with Crippen molar-refractivity contribution in [1.29, 1.82) is 0 Å². The molecule has 8 heteroatoms. The first-order valence-corrected chi connectivity index (χ1v) is 9.84. The number of para-hydroxylation sites is 1. The van der Waals surface area contributed by atoms with Crippen molar-refractivity contribution in [3.05, 3.63) is 64.1 Å². The molecule has 0 spiro atoms. The van der Waals surface area contributed by atoms with Gasteiger partial charge in [0.25, 0.3) is 0 Å². The van der Waals surface area contributed by atoms with Gasteiger partial charge in [0, 0.05) is 4.47 Å². The summed E-state index contributed by atoms with van der Waals surface area (Å²) in [6, 6.07) is 13.1. The number of hydrogen-bond acceptors (Lipinski definition) is 5. The van der Waals surface area contributed by atoms with Crippen LogP contribution in [0.25, 0.3) is 0 Å². The maximum atomic E-state index is 12.2. The molecule has 132 valence electrons. The van der Waals surface area contributed by atoms with Gasteiger partial charge in [0.15, 0.2) is 9.84 Å². The third kappa shape index (κ3) is 5.68. The lowest BCUT2D eigenvalue weighted by molar-refractivity contribution is -0.113. The number of ether oxygens (including phenoxy) is 1. The number of esters is 1. The Kier molecular flexibility index (Phi) is 6.33. The first-order chi connectivity index (χ1) is 11.8. The molecule has 0 radical (unpaired) electrons. The number of methoxy groups -OCH3 is 1. The highest BCUT2D eigenvalue weighted by Gasteiger charge is 2.20. The van der Waals surface area contributed by atoms with Gasteiger partial charge < -0.3 is 10.1 Å². The molecule has 0 bridgehead atoms. The van der Waals surface area contributed by atoms with Crippen molar-refractivity contribution in [3.63, 3.8) is 0 Å². The fourth-order valence-corrected chi connectivity index (χ4v) is 3.91. The summed E-state index contributed by atoms with van der Waals surface area (Å²) in [6.07, 6.45) is 0. The Morgan fingerprint density at radius 3 is 2.52 bits per heavy atom. The maximum Gasteiger partial charge on any atom is 0.339 e. The number of hydrogen-bond donors (Lipinski definition) is 1. The molecule has 2 aromatic rings. The minimum atomic E-state index is -3.66. The molecule has 0 atom stereocenters. The second kappa shape index (κ2) is 8.26. The second-order valence-corrected chi connectivity index (χ2v) is 8.23. The quantitative estimate of drug-likeness (QED) is 0.718. The minimum absolute atomic E-state index is 0.155. The fourth-order valence-electron chi connectivity index (χ4n) is 2.20. The summed E-state index contributed by atoms with van der Waals surface area (Å²) < 4.78 is 29.8. The van der Waals surface area contributed by atoms with Crippen molar-refractivity contribution in [2.75, 3.05) is 18.2 Å². The molecule has 0 fully saturated rings. The zero-order valence-corrected chi connectivity index (χ0v) is 15.8. The number of carbonyl (C=O) groups is 2. The third-order valence-corrected chi connectivity index (χ3v) is 5.20. The van der Waals surface area contributed by atoms with E-state index < -0.39 is 27.5 Å². The molecule has 1 N–H and O–H groups in total. The van der Waals surface area contributed by atoms with Crippen molar-refractivity contribution in [1.82, 2.24) is 0 Å². The van der Waals surface area contributed by atoms with Crippen molar-refractivity contribution in [2.45, 2.75) is 5.75 Å². The molecule has 0 aliphatic heterocycles. The van der Waals surface area contributed by atoms with Crippen molar-refractivity contribution < 1.29 is 22.7 Å². The highest BCUT2D eigenvalue weighted by atomic mass is 79.9. The summed E-state index contributed by atoms with van der Waals surface area (Å²) in [5.41, 5.74) is 0.942. The summed E-state index contributed by atoms with van der Waals surface area (Å²) in [6.45, 7) is 0. The van der Waals surface area contributed by atoms with Gasteiger partial charge in [-0.3, -0.25) is 4.79 Å². The molecule has 1 amide bonds. The summed E-state index contributed by atoms with van der Waals surface area (Å²) in [7, 11) is -2.43. The number of anilines is 1. The van der Waals surface area contributed by atoms with E-state index in [1.807, 2.05) is 0 Å². The molecule has 0 aromatic heterocycles. The molecular weight excluding hydrogens is 410 g/mol. The van der Waals surface area contributed by atoms with Crippen LogP contribution in [0.1, 0.15) is 15.9 Å². The number of nitrogens with one attached hydrogen (secondary N) is 1. The van der Waals surface area contributed by atoms with E-state index in [1.54, 1.807) is 36.4 Å². The highest BCUT2D eigenvalue weighted by molar-refractivity contribution is 9.10. The molecule has 2 rings (SSSR count). The molecule has 0 saturated carbocycles. The van der Waals surface area contributed by atoms with E-state index in [0.29, 0.717) is 5.56 Å². The van der Waals surface area contributed by atoms with Crippen molar-refractivity contribution in [2.24, 2.45) is 0 Å². The summed E-state index contributed by atoms with van der Waals surface area (Å²) in [4.78, 5) is 23.8. The van der Waals surface area contributed by atoms with Gasteiger partial charge in [0.1, 0.15) is 5.75 Å². The molecule has 2 aromatic carbocycles. The Morgan fingerprint density at radius 2 is 1.84 bits per heavy atom. The van der Waals surface area contributed by atoms with Gasteiger partial charge in [0.05, 0.1) is 24.1 Å². The fraction of sp³-hybridized carbons (Fsp3) is 0.176. The summed E-state index contributed by atoms with van der Waals surface area (Å²) >= 11 is 3.28. The van der Waals surface area contributed by atoms with E-state index in [-0.39, 0.29) is 17.0 Å². The van der Waals surface area contributed by atoms with E-state index in [4.69, 9.17) is 0 Å². The van der Waals surface area contributed by atoms with E-state index in [1.165, 1.54) is 19.2 Å². The monoisotopic (exact) mass is 425 g/mol. The largest absolute Gasteiger partial charge is 0.465 e. The van der Waals surface area contributed by atoms with Crippen LogP contribution in [0.2, 0.25) is 0 Å². The molecule has 25 heavy (non-hydrogen) atoms. The van der Waals surface area contributed by atoms with Gasteiger partial charge >= 0.3 is 5.97 Å². The lowest BCUT2D eigenvalue weighted by Crippen LogP contribution is -2.25. The van der Waals surface area contributed by atoms with Crippen molar-refractivity contribution in [3.8, 4) is 0 Å². The van der Waals surface area contributed by atoms with E-state index in [2.05, 4.69) is 26.0 Å². The van der Waals surface area contributed by atoms with Gasteiger partial charge in [-0.15, -0.1) is 0 Å². The molecule has 6 nitrogen and oxygen atoms in total. The first-order valence-electron chi connectivity index (χ1n) is 7.23. The Hall–Kier alpha value is -2.19. The SMILES string of the molecule is COC(=O)c1ccccc1NC(=O)CS(=O)(=O)Cc1cccc(Br)c1. The predicted octanol–water partition coefficient (Wildman–Crippen LogP) is 2.79. The van der Waals surface area contributed by atoms with Gasteiger partial charge in [-0.2, -0.15) is 0 Å². The molecule has 0 heterocycles. The number of sulfone groups is 1. The third-order valence-electron chi connectivity index (χ3n) is 3.23. The molecule has 0 saturated heterocycles. The van der Waals surface area contributed by atoms with Crippen LogP contribution in [0.15, 0.2) is 53.0 Å². The van der Waals surface area contributed by atoms with Gasteiger partial charge in [0.2, 0.25) is 5.91 Å². The predicted molar refractivity (Wildman–Crippen MR) is 98.0 cm³/mol. The van der Waals surface area contributed by atoms with Crippen LogP contribution in [-0.2, 0) is 25.1 Å². The average Bonchev–Trinajstić information content (AvgIpc) is 2.53. The Balaban J connectivity index is 2.08. The van der Waals surface area contributed by atoms with E-state index >= 15 is 0 Å². The lowest BCUT2D eigenvalue weighted by Gasteiger charge is -2.10. The lowest BCUT2D eigenvalue weighted by atomic mass is 10.2. The highest BCUT2D eigenvalue weighted by Crippen LogP contribution is 2.17. The number of rotatable bonds is 6. The normalized spacial score (nSPS) is 11.0. The van der Waals surface area contributed by atoms with Crippen LogP contribution >= 0.6 is 15.9 Å². The number of halogens is 1. The van der Waals surface area contributed by atoms with Crippen LogP contribution in [-0.4, -0.2) is 33.2 Å². The smallest absolute Gasteiger partial charge is 0.339 e. The van der Waals surface area contributed by atoms with Crippen molar-refractivity contribution >= 4 is 43.3 Å². The molecule has 0 aliphatic carbocycles. The summed E-state index contributed by atoms with van der Waals surface area (Å²) in [5, 5.41) is 2.45. The van der Waals surface area contributed by atoms with Gasteiger partial charge in [-0.05, 0) is 29.8 Å². The number of benzene rings is 2. The zero-order chi connectivity index (χ0) is 18.4. The van der Waals surface area contributed by atoms with Crippen LogP contribution < -0.4 is 5.32 Å². The van der Waals surface area contributed by atoms with E-state index in [0.717, 1.165) is 4.47 Å². The van der Waals surface area contributed by atoms with Crippen LogP contribution in [0.3, 0.4) is 0 Å². The molecule has 0 aliphatic rings.